The van der Waals surface area contributed by atoms with Crippen LogP contribution in [0.5, 0.6) is 6.01 Å². The summed E-state index contributed by atoms with van der Waals surface area (Å²) in [6, 6.07) is 10.6. The zero-order valence-corrected chi connectivity index (χ0v) is 22.9. The summed E-state index contributed by atoms with van der Waals surface area (Å²) in [4.78, 5) is 31.2. The highest BCUT2D eigenvalue weighted by molar-refractivity contribution is 6.30. The molecule has 0 aliphatic carbocycles. The van der Waals surface area contributed by atoms with Gasteiger partial charge in [-0.2, -0.15) is 22.8 Å². The maximum Gasteiger partial charge on any atom is 0.417 e. The van der Waals surface area contributed by atoms with E-state index in [4.69, 9.17) is 21.1 Å². The summed E-state index contributed by atoms with van der Waals surface area (Å²) in [7, 11) is 2.91. The summed E-state index contributed by atoms with van der Waals surface area (Å²) in [6.45, 7) is -1.22. The summed E-state index contributed by atoms with van der Waals surface area (Å²) in [6.07, 6.45) is -8.69. The highest BCUT2D eigenvalue weighted by Gasteiger charge is 2.39. The van der Waals surface area contributed by atoms with Crippen LogP contribution in [0.4, 0.5) is 22.4 Å². The molecule has 0 bridgehead atoms. The van der Waals surface area contributed by atoms with E-state index < -0.39 is 43.0 Å². The zero-order valence-electron chi connectivity index (χ0n) is 22.1. The van der Waals surface area contributed by atoms with Crippen LogP contribution >= 0.6 is 11.6 Å². The number of ether oxygens (including phenoxy) is 2. The smallest absolute Gasteiger partial charge is 0.383 e. The molecule has 224 valence electrons. The number of amides is 1. The summed E-state index contributed by atoms with van der Waals surface area (Å²) < 4.78 is 66.2. The number of methoxy groups -OCH3 is 1. The molecule has 0 aliphatic rings. The minimum absolute atomic E-state index is 0.129. The Balaban J connectivity index is 1.74. The summed E-state index contributed by atoms with van der Waals surface area (Å²) in [5.74, 6) is -0.951. The van der Waals surface area contributed by atoms with Crippen molar-refractivity contribution in [2.75, 3.05) is 27.3 Å². The predicted octanol–water partition coefficient (Wildman–Crippen LogP) is 3.13. The lowest BCUT2D eigenvalue weighted by molar-refractivity contribution is -0.207. The van der Waals surface area contributed by atoms with E-state index >= 15 is 0 Å². The van der Waals surface area contributed by atoms with Crippen molar-refractivity contribution < 1.29 is 36.9 Å². The van der Waals surface area contributed by atoms with Gasteiger partial charge in [0.05, 0.1) is 18.8 Å². The van der Waals surface area contributed by atoms with Crippen molar-refractivity contribution in [2.24, 2.45) is 0 Å². The van der Waals surface area contributed by atoms with Gasteiger partial charge in [-0.3, -0.25) is 4.57 Å². The van der Waals surface area contributed by atoms with E-state index in [2.05, 4.69) is 15.2 Å². The van der Waals surface area contributed by atoms with Crippen molar-refractivity contribution >= 4 is 17.7 Å². The zero-order chi connectivity index (χ0) is 30.6. The van der Waals surface area contributed by atoms with Crippen LogP contribution in [0.2, 0.25) is 5.02 Å². The van der Waals surface area contributed by atoms with Gasteiger partial charge in [-0.25, -0.2) is 18.7 Å². The number of aliphatic hydroxyl groups excluding tert-OH is 1. The molecule has 4 aromatic rings. The summed E-state index contributed by atoms with van der Waals surface area (Å²) in [5, 5.41) is 18.4. The van der Waals surface area contributed by atoms with Gasteiger partial charge in [-0.15, -0.1) is 10.2 Å². The van der Waals surface area contributed by atoms with Crippen LogP contribution in [0.3, 0.4) is 0 Å². The van der Waals surface area contributed by atoms with E-state index in [1.54, 1.807) is 0 Å². The number of benzene rings is 2. The number of likely N-dealkylation sites (N-methyl/N-ethyl adjacent to an activating group) is 1. The lowest BCUT2D eigenvalue weighted by Gasteiger charge is -2.15. The van der Waals surface area contributed by atoms with E-state index in [-0.39, 0.29) is 42.1 Å². The normalized spacial score (nSPS) is 12.4. The second-order valence-corrected chi connectivity index (χ2v) is 9.36. The second kappa shape index (κ2) is 12.7. The first-order chi connectivity index (χ1) is 19.9. The average molecular weight is 614 g/mol. The second-order valence-electron chi connectivity index (χ2n) is 8.92. The number of carbonyl (C=O) groups excluding carboxylic acids is 1. The quantitative estimate of drug-likeness (QED) is 0.270. The third-order valence-electron chi connectivity index (χ3n) is 5.84. The first-order valence-corrected chi connectivity index (χ1v) is 12.6. The minimum atomic E-state index is -5.00. The molecule has 1 amide bonds. The van der Waals surface area contributed by atoms with Crippen molar-refractivity contribution in [1.29, 1.82) is 0 Å². The highest BCUT2D eigenvalue weighted by Crippen LogP contribution is 2.24. The first kappa shape index (κ1) is 30.7. The van der Waals surface area contributed by atoms with Crippen LogP contribution in [0, 0.1) is 5.82 Å². The molecule has 0 spiro atoms. The van der Waals surface area contributed by atoms with E-state index in [1.165, 1.54) is 61.5 Å². The van der Waals surface area contributed by atoms with E-state index in [0.29, 0.717) is 9.59 Å². The van der Waals surface area contributed by atoms with E-state index in [9.17, 15) is 32.3 Å². The molecule has 2 aromatic heterocycles. The van der Waals surface area contributed by atoms with Gasteiger partial charge < -0.3 is 19.5 Å². The fourth-order valence-electron chi connectivity index (χ4n) is 3.65. The Morgan fingerprint density at radius 3 is 2.52 bits per heavy atom. The largest absolute Gasteiger partial charge is 0.417 e. The topological polar surface area (TPSA) is 130 Å². The Morgan fingerprint density at radius 2 is 1.88 bits per heavy atom. The van der Waals surface area contributed by atoms with Gasteiger partial charge in [-0.05, 0) is 42.5 Å². The van der Waals surface area contributed by atoms with Crippen LogP contribution < -0.4 is 10.4 Å². The number of aromatic nitrogens is 6. The van der Waals surface area contributed by atoms with Crippen LogP contribution in [0.1, 0.15) is 5.82 Å². The minimum Gasteiger partial charge on any atom is -0.383 e. The third kappa shape index (κ3) is 7.13. The molecule has 0 fully saturated rings. The fourth-order valence-corrected chi connectivity index (χ4v) is 3.78. The Kier molecular flexibility index (Phi) is 9.28. The van der Waals surface area contributed by atoms with Crippen LogP contribution in [-0.4, -0.2) is 84.8 Å². The first-order valence-electron chi connectivity index (χ1n) is 12.2. The molecule has 1 unspecified atom stereocenters. The van der Waals surface area contributed by atoms with Crippen LogP contribution in [-0.2, 0) is 17.8 Å². The Hall–Kier alpha value is -4.28. The molecule has 42 heavy (non-hydrogen) atoms. The van der Waals surface area contributed by atoms with Crippen molar-refractivity contribution in [2.45, 2.75) is 25.4 Å². The standard InChI is InChI=1S/C25H24ClF4N7O5/c1-34(10-11-41-2)24(40)42-22-31-20(32-37(22)18-5-3-4-17(27)12-18)14-36-23(39)35(13-19(38)25(28,29)30)21(33-36)15-6-8-16(26)9-7-15/h3-9,12,19,38H,10-11,13-14H2,1-2H3. The summed E-state index contributed by atoms with van der Waals surface area (Å²) >= 11 is 5.91. The van der Waals surface area contributed by atoms with Crippen molar-refractivity contribution in [3.8, 4) is 23.1 Å². The van der Waals surface area contributed by atoms with Crippen molar-refractivity contribution in [3.05, 3.63) is 75.7 Å². The number of alkyl halides is 3. The lowest BCUT2D eigenvalue weighted by Crippen LogP contribution is -2.37. The summed E-state index contributed by atoms with van der Waals surface area (Å²) in [5.41, 5.74) is -0.635. The molecule has 17 heteroatoms. The molecule has 2 aromatic carbocycles. The van der Waals surface area contributed by atoms with Gasteiger partial charge in [0.25, 0.3) is 0 Å². The Bertz CT molecular complexity index is 1600. The molecule has 2 heterocycles. The lowest BCUT2D eigenvalue weighted by atomic mass is 10.2. The molecule has 0 radical (unpaired) electrons. The van der Waals surface area contributed by atoms with Crippen molar-refractivity contribution in [1.82, 2.24) is 34.0 Å². The van der Waals surface area contributed by atoms with Gasteiger partial charge >= 0.3 is 24.0 Å². The Labute approximate surface area is 240 Å². The highest BCUT2D eigenvalue weighted by atomic mass is 35.5. The number of nitrogens with zero attached hydrogens (tertiary/aromatic N) is 7. The molecule has 0 saturated heterocycles. The van der Waals surface area contributed by atoms with Gasteiger partial charge in [0.15, 0.2) is 17.8 Å². The predicted molar refractivity (Wildman–Crippen MR) is 140 cm³/mol. The number of halogens is 5. The Morgan fingerprint density at radius 1 is 1.17 bits per heavy atom. The SMILES string of the molecule is COCCN(C)C(=O)Oc1nc(Cn2nc(-c3ccc(Cl)cc3)n(CC(O)C(F)(F)F)c2=O)nn1-c1cccc(F)c1. The van der Waals surface area contributed by atoms with Gasteiger partial charge in [0.2, 0.25) is 0 Å². The van der Waals surface area contributed by atoms with Crippen molar-refractivity contribution in [3.63, 3.8) is 0 Å². The number of hydrogen-bond acceptors (Lipinski definition) is 8. The molecule has 12 nitrogen and oxygen atoms in total. The number of rotatable bonds is 10. The van der Waals surface area contributed by atoms with Gasteiger partial charge in [0.1, 0.15) is 12.4 Å². The number of aliphatic hydroxyl groups is 1. The molecule has 1 N–H and O–H groups in total. The van der Waals surface area contributed by atoms with E-state index in [0.717, 1.165) is 15.4 Å². The van der Waals surface area contributed by atoms with Gasteiger partial charge in [-0.1, -0.05) is 17.7 Å². The molecule has 0 aliphatic heterocycles. The van der Waals surface area contributed by atoms with Crippen LogP contribution in [0.25, 0.3) is 17.1 Å². The average Bonchev–Trinajstić information content (AvgIpc) is 3.47. The molecule has 0 saturated carbocycles. The van der Waals surface area contributed by atoms with E-state index in [1.807, 2.05) is 0 Å². The maximum absolute atomic E-state index is 14.0. The third-order valence-corrected chi connectivity index (χ3v) is 6.10. The molecule has 1 atom stereocenters. The monoisotopic (exact) mass is 613 g/mol. The molecule has 4 rings (SSSR count). The molecular formula is C25H24ClF4N7O5. The fraction of sp³-hybridized carbons (Fsp3) is 0.320. The molecular weight excluding hydrogens is 590 g/mol. The van der Waals surface area contributed by atoms with Gasteiger partial charge in [0, 0.05) is 31.3 Å². The number of carbonyl (C=O) groups is 1. The maximum atomic E-state index is 14.0. The van der Waals surface area contributed by atoms with Crippen LogP contribution in [0.15, 0.2) is 53.3 Å². The number of hydrogen-bond donors (Lipinski definition) is 1.